The third-order valence-corrected chi connectivity index (χ3v) is 2.02. The Morgan fingerprint density at radius 3 is 2.31 bits per heavy atom. The Morgan fingerprint density at radius 2 is 1.81 bits per heavy atom. The van der Waals surface area contributed by atoms with Gasteiger partial charge in [0, 0.05) is 18.8 Å². The Morgan fingerprint density at radius 1 is 1.25 bits per heavy atom. The molecule has 1 aromatic rings. The van der Waals surface area contributed by atoms with Gasteiger partial charge in [0.2, 0.25) is 0 Å². The molecule has 0 aromatic heterocycles. The lowest BCUT2D eigenvalue weighted by molar-refractivity contribution is -0.201. The van der Waals surface area contributed by atoms with Crippen molar-refractivity contribution in [2.24, 2.45) is 0 Å². The number of benzene rings is 1. The van der Waals surface area contributed by atoms with E-state index in [9.17, 15) is 13.2 Å². The van der Waals surface area contributed by atoms with Gasteiger partial charge in [-0.2, -0.15) is 13.2 Å². The number of hydrogen-bond acceptors (Lipinski definition) is 3. The zero-order valence-electron chi connectivity index (χ0n) is 8.46. The Balaban J connectivity index is 2.33. The van der Waals surface area contributed by atoms with Gasteiger partial charge in [0.25, 0.3) is 0 Å². The molecular weight excluding hydrogens is 221 g/mol. The van der Waals surface area contributed by atoms with Gasteiger partial charge >= 0.3 is 6.18 Å². The molecule has 0 fully saturated rings. The number of alkyl halides is 3. The van der Waals surface area contributed by atoms with Crippen LogP contribution in [0.4, 0.5) is 18.9 Å². The zero-order valence-corrected chi connectivity index (χ0v) is 8.46. The second kappa shape index (κ2) is 5.18. The molecule has 0 aliphatic rings. The maximum absolute atomic E-state index is 11.9. The highest BCUT2D eigenvalue weighted by molar-refractivity contribution is 5.39. The Hall–Kier alpha value is -1.27. The highest BCUT2D eigenvalue weighted by Crippen LogP contribution is 2.19. The van der Waals surface area contributed by atoms with Crippen molar-refractivity contribution in [1.82, 2.24) is 5.32 Å². The van der Waals surface area contributed by atoms with E-state index in [1.54, 1.807) is 24.3 Å². The van der Waals surface area contributed by atoms with Gasteiger partial charge in [-0.15, -0.1) is 0 Å². The van der Waals surface area contributed by atoms with Crippen molar-refractivity contribution in [3.05, 3.63) is 29.8 Å². The Labute approximate surface area is 91.1 Å². The summed E-state index contributed by atoms with van der Waals surface area (Å²) in [6.45, 7) is -0.263. The number of halogens is 3. The number of aliphatic hydroxyl groups is 1. The van der Waals surface area contributed by atoms with Gasteiger partial charge in [-0.05, 0) is 17.7 Å². The van der Waals surface area contributed by atoms with Gasteiger partial charge in [-0.1, -0.05) is 12.1 Å². The molecule has 0 amide bonds. The third-order valence-electron chi connectivity index (χ3n) is 2.02. The van der Waals surface area contributed by atoms with E-state index in [0.29, 0.717) is 5.69 Å². The van der Waals surface area contributed by atoms with Crippen LogP contribution in [0.5, 0.6) is 0 Å². The molecule has 16 heavy (non-hydrogen) atoms. The first-order valence-electron chi connectivity index (χ1n) is 4.69. The normalized spacial score (nSPS) is 13.8. The highest BCUT2D eigenvalue weighted by atomic mass is 19.4. The monoisotopic (exact) mass is 234 g/mol. The molecule has 1 unspecified atom stereocenters. The van der Waals surface area contributed by atoms with E-state index in [1.165, 1.54) is 0 Å². The van der Waals surface area contributed by atoms with Crippen LogP contribution < -0.4 is 11.1 Å². The SMILES string of the molecule is Nc1ccc(CNCC(O)C(F)(F)F)cc1. The van der Waals surface area contributed by atoms with Crippen molar-refractivity contribution < 1.29 is 18.3 Å². The molecule has 0 saturated heterocycles. The quantitative estimate of drug-likeness (QED) is 0.688. The van der Waals surface area contributed by atoms with Crippen LogP contribution in [0.3, 0.4) is 0 Å². The molecule has 3 nitrogen and oxygen atoms in total. The minimum absolute atomic E-state index is 0.257. The fraction of sp³-hybridized carbons (Fsp3) is 0.400. The molecular formula is C10H13F3N2O. The number of anilines is 1. The lowest BCUT2D eigenvalue weighted by Crippen LogP contribution is -2.38. The first kappa shape index (κ1) is 12.8. The Bertz CT molecular complexity index is 324. The van der Waals surface area contributed by atoms with E-state index in [-0.39, 0.29) is 6.54 Å². The second-order valence-electron chi connectivity index (χ2n) is 3.43. The van der Waals surface area contributed by atoms with Crippen molar-refractivity contribution in [2.75, 3.05) is 12.3 Å². The van der Waals surface area contributed by atoms with Crippen LogP contribution in [0.15, 0.2) is 24.3 Å². The molecule has 0 heterocycles. The molecule has 0 bridgehead atoms. The molecule has 1 aromatic carbocycles. The van der Waals surface area contributed by atoms with E-state index in [1.807, 2.05) is 0 Å². The van der Waals surface area contributed by atoms with Crippen molar-refractivity contribution in [3.8, 4) is 0 Å². The Kier molecular flexibility index (Phi) is 4.14. The molecule has 1 atom stereocenters. The maximum Gasteiger partial charge on any atom is 0.415 e. The minimum atomic E-state index is -4.58. The summed E-state index contributed by atoms with van der Waals surface area (Å²) >= 11 is 0. The average molecular weight is 234 g/mol. The molecule has 0 aliphatic heterocycles. The number of aliphatic hydroxyl groups excluding tert-OH is 1. The summed E-state index contributed by atoms with van der Waals surface area (Å²) in [6.07, 6.45) is -6.91. The fourth-order valence-electron chi connectivity index (χ4n) is 1.10. The van der Waals surface area contributed by atoms with Gasteiger partial charge in [-0.25, -0.2) is 0 Å². The topological polar surface area (TPSA) is 58.3 Å². The predicted molar refractivity (Wildman–Crippen MR) is 54.6 cm³/mol. The molecule has 0 aliphatic carbocycles. The molecule has 0 saturated carbocycles. The number of hydrogen-bond donors (Lipinski definition) is 3. The minimum Gasteiger partial charge on any atom is -0.399 e. The average Bonchev–Trinajstić information content (AvgIpc) is 2.19. The van der Waals surface area contributed by atoms with Crippen molar-refractivity contribution in [2.45, 2.75) is 18.8 Å². The number of nitrogens with one attached hydrogen (secondary N) is 1. The molecule has 90 valence electrons. The van der Waals surface area contributed by atoms with E-state index in [2.05, 4.69) is 5.32 Å². The zero-order chi connectivity index (χ0) is 12.2. The number of nitrogen functional groups attached to an aromatic ring is 1. The van der Waals surface area contributed by atoms with Crippen LogP contribution in [0.25, 0.3) is 0 Å². The van der Waals surface area contributed by atoms with Gasteiger partial charge < -0.3 is 16.2 Å². The van der Waals surface area contributed by atoms with Crippen LogP contribution in [-0.4, -0.2) is 23.9 Å². The molecule has 0 radical (unpaired) electrons. The smallest absolute Gasteiger partial charge is 0.399 e. The second-order valence-corrected chi connectivity index (χ2v) is 3.43. The summed E-state index contributed by atoms with van der Waals surface area (Å²) in [5.74, 6) is 0. The van der Waals surface area contributed by atoms with Gasteiger partial charge in [0.1, 0.15) is 0 Å². The van der Waals surface area contributed by atoms with Crippen LogP contribution in [-0.2, 0) is 6.54 Å². The third kappa shape index (κ3) is 4.08. The predicted octanol–water partition coefficient (Wildman–Crippen LogP) is 1.28. The van der Waals surface area contributed by atoms with Crippen LogP contribution in [0.2, 0.25) is 0 Å². The summed E-state index contributed by atoms with van der Waals surface area (Å²) in [4.78, 5) is 0. The van der Waals surface area contributed by atoms with Crippen LogP contribution in [0.1, 0.15) is 5.56 Å². The highest BCUT2D eigenvalue weighted by Gasteiger charge is 2.37. The van der Waals surface area contributed by atoms with Gasteiger partial charge in [-0.3, -0.25) is 0 Å². The van der Waals surface area contributed by atoms with Crippen LogP contribution >= 0.6 is 0 Å². The fourth-order valence-corrected chi connectivity index (χ4v) is 1.10. The van der Waals surface area contributed by atoms with E-state index >= 15 is 0 Å². The first-order valence-corrected chi connectivity index (χ1v) is 4.69. The number of rotatable bonds is 4. The number of nitrogens with two attached hydrogens (primary N) is 1. The first-order chi connectivity index (χ1) is 7.39. The van der Waals surface area contributed by atoms with Crippen molar-refractivity contribution >= 4 is 5.69 Å². The molecule has 6 heteroatoms. The van der Waals surface area contributed by atoms with Crippen molar-refractivity contribution in [1.29, 1.82) is 0 Å². The summed E-state index contributed by atoms with van der Waals surface area (Å²) in [7, 11) is 0. The molecule has 4 N–H and O–H groups in total. The van der Waals surface area contributed by atoms with Gasteiger partial charge in [0.15, 0.2) is 6.10 Å². The lowest BCUT2D eigenvalue weighted by atomic mass is 10.2. The van der Waals surface area contributed by atoms with E-state index in [4.69, 9.17) is 10.8 Å². The van der Waals surface area contributed by atoms with Crippen LogP contribution in [0, 0.1) is 0 Å². The van der Waals surface area contributed by atoms with E-state index < -0.39 is 18.8 Å². The maximum atomic E-state index is 11.9. The summed E-state index contributed by atoms with van der Waals surface area (Å²) in [5.41, 5.74) is 6.86. The van der Waals surface area contributed by atoms with E-state index in [0.717, 1.165) is 5.56 Å². The summed E-state index contributed by atoms with van der Waals surface area (Å²) in [6, 6.07) is 6.75. The molecule has 0 spiro atoms. The van der Waals surface area contributed by atoms with Gasteiger partial charge in [0.05, 0.1) is 0 Å². The summed E-state index contributed by atoms with van der Waals surface area (Å²) in [5, 5.41) is 11.2. The summed E-state index contributed by atoms with van der Waals surface area (Å²) < 4.78 is 35.8. The largest absolute Gasteiger partial charge is 0.415 e. The van der Waals surface area contributed by atoms with Crippen molar-refractivity contribution in [3.63, 3.8) is 0 Å². The standard InChI is InChI=1S/C10H13F3N2O/c11-10(12,13)9(16)6-15-5-7-1-3-8(14)4-2-7/h1-4,9,15-16H,5-6,14H2. The lowest BCUT2D eigenvalue weighted by Gasteiger charge is -2.15. The molecule has 1 rings (SSSR count).